The van der Waals surface area contributed by atoms with Crippen molar-refractivity contribution in [2.45, 2.75) is 20.8 Å². The molecular weight excluding hydrogens is 665 g/mol. The Hall–Kier alpha value is -6.90. The smallest absolute Gasteiger partial charge is 0.0537 e. The highest BCUT2D eigenvalue weighted by atomic mass is 15.1. The van der Waals surface area contributed by atoms with E-state index in [-0.39, 0.29) is 0 Å². The van der Waals surface area contributed by atoms with Crippen molar-refractivity contribution < 1.29 is 0 Å². The molecule has 2 heteroatoms. The van der Waals surface area contributed by atoms with Crippen molar-refractivity contribution in [3.8, 4) is 22.3 Å². The van der Waals surface area contributed by atoms with Crippen LogP contribution in [-0.2, 0) is 0 Å². The lowest BCUT2D eigenvalue weighted by Crippen LogP contribution is -2.29. The highest BCUT2D eigenvalue weighted by Crippen LogP contribution is 2.48. The van der Waals surface area contributed by atoms with E-state index in [1.165, 1.54) is 66.4 Å². The molecular formula is C53H42N2. The molecule has 0 N–H and O–H groups in total. The molecule has 0 aliphatic heterocycles. The fourth-order valence-electron chi connectivity index (χ4n) is 8.66. The van der Waals surface area contributed by atoms with Crippen molar-refractivity contribution in [3.63, 3.8) is 0 Å². The first-order valence-corrected chi connectivity index (χ1v) is 19.0. The lowest BCUT2D eigenvalue weighted by atomic mass is 9.81. The molecule has 0 radical (unpaired) electrons. The van der Waals surface area contributed by atoms with Crippen molar-refractivity contribution >= 4 is 52.4 Å². The van der Waals surface area contributed by atoms with Gasteiger partial charge in [0.15, 0.2) is 0 Å². The second-order valence-electron chi connectivity index (χ2n) is 14.2. The van der Waals surface area contributed by atoms with Crippen molar-refractivity contribution in [2.75, 3.05) is 9.80 Å². The Morgan fingerprint density at radius 1 is 0.455 bits per heavy atom. The number of para-hydroxylation sites is 4. The fraction of sp³-hybridized carbons (Fsp3) is 0.0566. The Labute approximate surface area is 324 Å². The summed E-state index contributed by atoms with van der Waals surface area (Å²) < 4.78 is 0. The zero-order valence-corrected chi connectivity index (χ0v) is 31.5. The SMILES string of the molecule is C=CC1=c2c(ccc/c2=C\N(c2ccccc2)c2ccccc2)-c2c(C)c3c(c(C)c21)-c1ccc(N(c2ccccc2)c2ccccc2)c(c1C)C=CC=C3. The average Bonchev–Trinajstić information content (AvgIpc) is 3.60. The molecule has 2 bridgehead atoms. The van der Waals surface area contributed by atoms with Gasteiger partial charge in [0, 0.05) is 34.5 Å². The maximum Gasteiger partial charge on any atom is 0.0537 e. The molecule has 7 aromatic carbocycles. The summed E-state index contributed by atoms with van der Waals surface area (Å²) >= 11 is 0. The van der Waals surface area contributed by atoms with Crippen LogP contribution in [0.2, 0.25) is 0 Å². The van der Waals surface area contributed by atoms with Gasteiger partial charge >= 0.3 is 0 Å². The molecule has 264 valence electrons. The van der Waals surface area contributed by atoms with Gasteiger partial charge in [-0.25, -0.2) is 0 Å². The molecule has 0 saturated heterocycles. The molecule has 0 amide bonds. The van der Waals surface area contributed by atoms with Crippen LogP contribution in [0, 0.1) is 20.8 Å². The van der Waals surface area contributed by atoms with Crippen LogP contribution >= 0.6 is 0 Å². The van der Waals surface area contributed by atoms with Gasteiger partial charge in [0.1, 0.15) is 0 Å². The summed E-state index contributed by atoms with van der Waals surface area (Å²) in [6.07, 6.45) is 13.4. The first-order valence-electron chi connectivity index (χ1n) is 19.0. The molecule has 0 atom stereocenters. The third-order valence-electron chi connectivity index (χ3n) is 11.2. The van der Waals surface area contributed by atoms with Gasteiger partial charge in [-0.15, -0.1) is 0 Å². The summed E-state index contributed by atoms with van der Waals surface area (Å²) in [6.45, 7) is 11.3. The van der Waals surface area contributed by atoms with Crippen molar-refractivity contribution in [1.29, 1.82) is 0 Å². The number of nitrogens with zero attached hydrogens (tertiary/aromatic N) is 2. The molecule has 2 aliphatic rings. The van der Waals surface area contributed by atoms with Crippen LogP contribution in [0.15, 0.2) is 176 Å². The zero-order valence-electron chi connectivity index (χ0n) is 31.5. The van der Waals surface area contributed by atoms with Crippen LogP contribution in [0.5, 0.6) is 0 Å². The number of hydrogen-bond acceptors (Lipinski definition) is 2. The van der Waals surface area contributed by atoms with Crippen LogP contribution in [0.4, 0.5) is 28.4 Å². The second kappa shape index (κ2) is 14.2. The monoisotopic (exact) mass is 706 g/mol. The largest absolute Gasteiger partial charge is 0.317 e. The molecule has 0 spiro atoms. The van der Waals surface area contributed by atoms with Gasteiger partial charge in [0.2, 0.25) is 0 Å². The molecule has 55 heavy (non-hydrogen) atoms. The quantitative estimate of drug-likeness (QED) is 0.163. The maximum absolute atomic E-state index is 4.45. The minimum Gasteiger partial charge on any atom is -0.317 e. The summed E-state index contributed by atoms with van der Waals surface area (Å²) in [5.41, 5.74) is 19.4. The van der Waals surface area contributed by atoms with E-state index in [1.807, 2.05) is 0 Å². The second-order valence-corrected chi connectivity index (χ2v) is 14.2. The first-order chi connectivity index (χ1) is 27.0. The molecule has 7 aromatic rings. The molecule has 2 nitrogen and oxygen atoms in total. The zero-order chi connectivity index (χ0) is 37.5. The predicted molar refractivity (Wildman–Crippen MR) is 236 cm³/mol. The fourth-order valence-corrected chi connectivity index (χ4v) is 8.66. The molecule has 0 heterocycles. The molecule has 2 aliphatic carbocycles. The average molecular weight is 707 g/mol. The summed E-state index contributed by atoms with van der Waals surface area (Å²) in [7, 11) is 0. The van der Waals surface area contributed by atoms with E-state index in [1.54, 1.807) is 0 Å². The number of hydrogen-bond donors (Lipinski definition) is 0. The minimum atomic E-state index is 1.11. The van der Waals surface area contributed by atoms with E-state index < -0.39 is 0 Å². The van der Waals surface area contributed by atoms with E-state index in [2.05, 4.69) is 225 Å². The first kappa shape index (κ1) is 33.9. The van der Waals surface area contributed by atoms with E-state index in [4.69, 9.17) is 0 Å². The summed E-state index contributed by atoms with van der Waals surface area (Å²) in [6, 6.07) is 53.9. The van der Waals surface area contributed by atoms with Crippen LogP contribution in [0.25, 0.3) is 46.2 Å². The van der Waals surface area contributed by atoms with Crippen molar-refractivity contribution in [2.24, 2.45) is 0 Å². The van der Waals surface area contributed by atoms with Crippen LogP contribution in [-0.4, -0.2) is 0 Å². The number of rotatable bonds is 7. The lowest BCUT2D eigenvalue weighted by molar-refractivity contribution is 1.26. The molecule has 0 saturated carbocycles. The molecule has 0 aromatic heterocycles. The topological polar surface area (TPSA) is 6.48 Å². The van der Waals surface area contributed by atoms with Gasteiger partial charge in [-0.1, -0.05) is 134 Å². The Balaban J connectivity index is 1.28. The minimum absolute atomic E-state index is 1.11. The maximum atomic E-state index is 4.45. The predicted octanol–water partition coefficient (Wildman–Crippen LogP) is 12.7. The number of fused-ring (bicyclic) bond motifs is 7. The highest BCUT2D eigenvalue weighted by molar-refractivity contribution is 6.02. The van der Waals surface area contributed by atoms with Gasteiger partial charge in [-0.2, -0.15) is 0 Å². The molecule has 9 rings (SSSR count). The van der Waals surface area contributed by atoms with Crippen LogP contribution in [0.3, 0.4) is 0 Å². The summed E-state index contributed by atoms with van der Waals surface area (Å²) in [5.74, 6) is 0. The number of allylic oxidation sites excluding steroid dienone is 3. The molecule has 0 unspecified atom stereocenters. The standard InChI is InChI=1S/C53H42N2/c1-5-44-52-38(4)50-46(31-19-18-30-45-36(2)47(50)33-34-49(45)55(42-26-14-8-15-27-42)43-28-16-9-17-29-43)37(3)51(52)48-32-20-21-39(53(44)48)35-54(40-22-10-6-11-23-40)41-24-12-7-13-25-41/h5-35H,1H2,2-4H3/b30-18?,31-19?,39-35+. The lowest BCUT2D eigenvalue weighted by Gasteiger charge is -2.29. The Morgan fingerprint density at radius 3 is 1.56 bits per heavy atom. The van der Waals surface area contributed by atoms with Crippen LogP contribution < -0.4 is 20.2 Å². The van der Waals surface area contributed by atoms with Gasteiger partial charge < -0.3 is 9.80 Å². The van der Waals surface area contributed by atoms with Gasteiger partial charge in [0.05, 0.1) is 5.69 Å². The normalized spacial score (nSPS) is 12.6. The summed E-state index contributed by atoms with van der Waals surface area (Å²) in [5, 5.41) is 2.38. The van der Waals surface area contributed by atoms with Crippen molar-refractivity contribution in [1.82, 2.24) is 0 Å². The van der Waals surface area contributed by atoms with E-state index in [0.29, 0.717) is 0 Å². The third kappa shape index (κ3) is 5.75. The Bertz CT molecular complexity index is 2700. The van der Waals surface area contributed by atoms with Gasteiger partial charge in [0.25, 0.3) is 0 Å². The number of benzene rings is 7. The van der Waals surface area contributed by atoms with Crippen molar-refractivity contribution in [3.05, 3.63) is 220 Å². The molecule has 0 fully saturated rings. The third-order valence-corrected chi connectivity index (χ3v) is 11.2. The van der Waals surface area contributed by atoms with Gasteiger partial charge in [-0.3, -0.25) is 0 Å². The van der Waals surface area contributed by atoms with E-state index >= 15 is 0 Å². The number of anilines is 5. The highest BCUT2D eigenvalue weighted by Gasteiger charge is 2.29. The Kier molecular flexibility index (Phi) is 8.72. The summed E-state index contributed by atoms with van der Waals surface area (Å²) in [4.78, 5) is 4.66. The van der Waals surface area contributed by atoms with E-state index in [9.17, 15) is 0 Å². The van der Waals surface area contributed by atoms with Gasteiger partial charge in [-0.05, 0) is 141 Å². The van der Waals surface area contributed by atoms with E-state index in [0.717, 1.165) is 33.7 Å². The Morgan fingerprint density at radius 2 is 1.00 bits per heavy atom. The van der Waals surface area contributed by atoms with Crippen LogP contribution in [0.1, 0.15) is 33.4 Å².